The maximum atomic E-state index is 13.9. The predicted octanol–water partition coefficient (Wildman–Crippen LogP) is 5.39. The van der Waals surface area contributed by atoms with Crippen LogP contribution in [0.4, 0.5) is 23.2 Å². The molecule has 2 aromatic carbocycles. The van der Waals surface area contributed by atoms with Gasteiger partial charge in [0.2, 0.25) is 0 Å². The van der Waals surface area contributed by atoms with E-state index >= 15 is 0 Å². The minimum absolute atomic E-state index is 0.149. The van der Waals surface area contributed by atoms with E-state index in [1.54, 1.807) is 18.2 Å². The lowest BCUT2D eigenvalue weighted by Crippen LogP contribution is -2.44. The number of piperidine rings is 1. The Hall–Kier alpha value is -3.20. The quantitative estimate of drug-likeness (QED) is 0.396. The topological polar surface area (TPSA) is 62.3 Å². The van der Waals surface area contributed by atoms with Gasteiger partial charge in [0.1, 0.15) is 11.5 Å². The monoisotopic (exact) mass is 479 g/mol. The van der Waals surface area contributed by atoms with E-state index < -0.39 is 29.5 Å². The van der Waals surface area contributed by atoms with Crippen molar-refractivity contribution in [2.75, 3.05) is 18.4 Å². The van der Waals surface area contributed by atoms with E-state index in [9.17, 15) is 27.2 Å². The number of carbonyl (C=O) groups is 2. The zero-order chi connectivity index (χ0) is 23.8. The number of rotatable bonds is 2. The van der Waals surface area contributed by atoms with Crippen LogP contribution in [0.1, 0.15) is 30.0 Å². The van der Waals surface area contributed by atoms with Gasteiger partial charge < -0.3 is 10.2 Å². The van der Waals surface area contributed by atoms with Crippen LogP contribution in [0.3, 0.4) is 0 Å². The Morgan fingerprint density at radius 3 is 2.42 bits per heavy atom. The van der Waals surface area contributed by atoms with Crippen LogP contribution in [0, 0.1) is 5.82 Å². The summed E-state index contributed by atoms with van der Waals surface area (Å²) in [4.78, 5) is 29.9. The molecule has 1 aromatic heterocycles. The molecule has 10 heteroatoms. The highest BCUT2D eigenvalue weighted by Gasteiger charge is 2.35. The number of halogens is 5. The number of likely N-dealkylation sites (tertiary alicyclic amines) is 1. The zero-order valence-electron chi connectivity index (χ0n) is 17.1. The van der Waals surface area contributed by atoms with Crippen LogP contribution in [-0.2, 0) is 15.8 Å². The van der Waals surface area contributed by atoms with E-state index in [2.05, 4.69) is 10.3 Å². The number of fused-ring (bicyclic) bond motifs is 1. The number of amides is 2. The normalized spacial score (nSPS) is 15.0. The zero-order valence-corrected chi connectivity index (χ0v) is 17.9. The summed E-state index contributed by atoms with van der Waals surface area (Å²) < 4.78 is 54.0. The van der Waals surface area contributed by atoms with Crippen LogP contribution in [0.15, 0.2) is 48.5 Å². The molecule has 4 rings (SSSR count). The number of benzene rings is 2. The van der Waals surface area contributed by atoms with Crippen molar-refractivity contribution < 1.29 is 27.2 Å². The standard InChI is InChI=1S/C23H18ClF4N3O2/c24-14-5-6-19(17(25)11-14)30-21(32)22(33)31-9-7-13(8-10-31)16-12-20(23(26,27)28)29-18-4-2-1-3-15(16)18/h1-6,11-13H,7-10H2,(H,30,32). The van der Waals surface area contributed by atoms with E-state index in [4.69, 9.17) is 11.6 Å². The molecule has 2 heterocycles. The molecule has 1 fully saturated rings. The van der Waals surface area contributed by atoms with Crippen molar-refractivity contribution in [3.05, 3.63) is 70.6 Å². The van der Waals surface area contributed by atoms with Crippen molar-refractivity contribution in [2.45, 2.75) is 24.9 Å². The number of nitrogens with one attached hydrogen (secondary N) is 1. The molecular formula is C23H18ClF4N3O2. The minimum Gasteiger partial charge on any atom is -0.334 e. The Labute approximate surface area is 191 Å². The summed E-state index contributed by atoms with van der Waals surface area (Å²) >= 11 is 5.68. The second-order valence-electron chi connectivity index (χ2n) is 7.76. The molecule has 0 aliphatic carbocycles. The lowest BCUT2D eigenvalue weighted by Gasteiger charge is -2.32. The van der Waals surface area contributed by atoms with Gasteiger partial charge in [0.25, 0.3) is 0 Å². The summed E-state index contributed by atoms with van der Waals surface area (Å²) in [6.45, 7) is 0.357. The lowest BCUT2D eigenvalue weighted by atomic mass is 9.87. The molecule has 0 radical (unpaired) electrons. The number of carbonyl (C=O) groups excluding carboxylic acids is 2. The number of para-hydroxylation sites is 1. The van der Waals surface area contributed by atoms with Crippen LogP contribution in [0.25, 0.3) is 10.9 Å². The number of alkyl halides is 3. The van der Waals surface area contributed by atoms with Crippen molar-refractivity contribution in [3.8, 4) is 0 Å². The van der Waals surface area contributed by atoms with Gasteiger partial charge in [-0.05, 0) is 54.7 Å². The highest BCUT2D eigenvalue weighted by atomic mass is 35.5. The number of hydrogen-bond donors (Lipinski definition) is 1. The van der Waals surface area contributed by atoms with Crippen molar-refractivity contribution in [3.63, 3.8) is 0 Å². The summed E-state index contributed by atoms with van der Waals surface area (Å²) in [5, 5.41) is 3.01. The van der Waals surface area contributed by atoms with Gasteiger partial charge in [-0.25, -0.2) is 9.37 Å². The van der Waals surface area contributed by atoms with Crippen molar-refractivity contribution in [2.24, 2.45) is 0 Å². The Kier molecular flexibility index (Phi) is 6.25. The molecule has 33 heavy (non-hydrogen) atoms. The molecule has 1 aliphatic heterocycles. The predicted molar refractivity (Wildman–Crippen MR) is 115 cm³/mol. The number of anilines is 1. The SMILES string of the molecule is O=C(Nc1ccc(Cl)cc1F)C(=O)N1CCC(c2cc(C(F)(F)F)nc3ccccc23)CC1. The van der Waals surface area contributed by atoms with Gasteiger partial charge in [-0.2, -0.15) is 13.2 Å². The average Bonchev–Trinajstić information content (AvgIpc) is 2.79. The van der Waals surface area contributed by atoms with E-state index in [0.717, 1.165) is 12.1 Å². The Balaban J connectivity index is 1.48. The summed E-state index contributed by atoms with van der Waals surface area (Å²) in [6, 6.07) is 11.3. The fourth-order valence-electron chi connectivity index (χ4n) is 3.99. The second-order valence-corrected chi connectivity index (χ2v) is 8.19. The second kappa shape index (κ2) is 8.97. The van der Waals surface area contributed by atoms with Crippen molar-refractivity contribution in [1.82, 2.24) is 9.88 Å². The van der Waals surface area contributed by atoms with Crippen LogP contribution in [0.5, 0.6) is 0 Å². The lowest BCUT2D eigenvalue weighted by molar-refractivity contribution is -0.143. The molecule has 0 saturated carbocycles. The van der Waals surface area contributed by atoms with Gasteiger partial charge in [0.05, 0.1) is 11.2 Å². The molecular weight excluding hydrogens is 462 g/mol. The number of nitrogens with zero attached hydrogens (tertiary/aromatic N) is 2. The highest BCUT2D eigenvalue weighted by Crippen LogP contribution is 2.37. The Bertz CT molecular complexity index is 1220. The fourth-order valence-corrected chi connectivity index (χ4v) is 4.15. The van der Waals surface area contributed by atoms with Gasteiger partial charge in [-0.3, -0.25) is 9.59 Å². The van der Waals surface area contributed by atoms with E-state index in [-0.39, 0.29) is 35.2 Å². The summed E-state index contributed by atoms with van der Waals surface area (Å²) in [5.74, 6) is -2.84. The molecule has 1 saturated heterocycles. The molecule has 3 aromatic rings. The largest absolute Gasteiger partial charge is 0.433 e. The third kappa shape index (κ3) is 4.93. The molecule has 5 nitrogen and oxygen atoms in total. The molecule has 0 unspecified atom stereocenters. The Morgan fingerprint density at radius 1 is 1.06 bits per heavy atom. The van der Waals surface area contributed by atoms with Gasteiger partial charge >= 0.3 is 18.0 Å². The average molecular weight is 480 g/mol. The molecule has 1 N–H and O–H groups in total. The number of pyridine rings is 1. The number of hydrogen-bond acceptors (Lipinski definition) is 3. The summed E-state index contributed by atoms with van der Waals surface area (Å²) in [6.07, 6.45) is -3.83. The highest BCUT2D eigenvalue weighted by molar-refractivity contribution is 6.39. The van der Waals surface area contributed by atoms with Crippen LogP contribution < -0.4 is 5.32 Å². The molecule has 2 amide bonds. The Morgan fingerprint density at radius 2 is 1.76 bits per heavy atom. The first-order valence-corrected chi connectivity index (χ1v) is 10.5. The van der Waals surface area contributed by atoms with Crippen LogP contribution >= 0.6 is 11.6 Å². The minimum atomic E-state index is -4.58. The van der Waals surface area contributed by atoms with Gasteiger partial charge in [0.15, 0.2) is 0 Å². The molecule has 0 bridgehead atoms. The first-order valence-electron chi connectivity index (χ1n) is 10.2. The van der Waals surface area contributed by atoms with Crippen molar-refractivity contribution in [1.29, 1.82) is 0 Å². The van der Waals surface area contributed by atoms with Gasteiger partial charge in [-0.1, -0.05) is 29.8 Å². The van der Waals surface area contributed by atoms with E-state index in [0.29, 0.717) is 23.8 Å². The maximum Gasteiger partial charge on any atom is 0.433 e. The summed E-state index contributed by atoms with van der Waals surface area (Å²) in [7, 11) is 0. The van der Waals surface area contributed by atoms with Crippen LogP contribution in [-0.4, -0.2) is 34.8 Å². The van der Waals surface area contributed by atoms with E-state index in [1.165, 1.54) is 23.1 Å². The maximum absolute atomic E-state index is 13.9. The van der Waals surface area contributed by atoms with Crippen LogP contribution in [0.2, 0.25) is 5.02 Å². The fraction of sp³-hybridized carbons (Fsp3) is 0.261. The number of aromatic nitrogens is 1. The molecule has 0 spiro atoms. The van der Waals surface area contributed by atoms with Gasteiger partial charge in [0, 0.05) is 23.5 Å². The summed E-state index contributed by atoms with van der Waals surface area (Å²) in [5.41, 5.74) is -0.354. The third-order valence-electron chi connectivity index (χ3n) is 5.63. The van der Waals surface area contributed by atoms with Gasteiger partial charge in [-0.15, -0.1) is 0 Å². The smallest absolute Gasteiger partial charge is 0.334 e. The van der Waals surface area contributed by atoms with Crippen molar-refractivity contribution >= 4 is 40.0 Å². The molecule has 1 aliphatic rings. The molecule has 0 atom stereocenters. The van der Waals surface area contributed by atoms with E-state index in [1.807, 2.05) is 0 Å². The molecule has 172 valence electrons. The third-order valence-corrected chi connectivity index (χ3v) is 5.87. The first kappa shape index (κ1) is 23.0. The first-order chi connectivity index (χ1) is 15.6.